The number of rotatable bonds is 6. The van der Waals surface area contributed by atoms with Crippen LogP contribution in [0.2, 0.25) is 0 Å². The molecule has 4 atom stereocenters. The second-order valence-electron chi connectivity index (χ2n) is 9.34. The average molecular weight is 380 g/mol. The highest BCUT2D eigenvalue weighted by Crippen LogP contribution is 2.70. The standard InChI is InChI=1S/C21H33NO3S/c1-6-7-8-16(10-9-15(2)3)19(23)22-18-13-17-11-12-21(18,20(17,4)5)14-26(22,24)25/h6,9,16-18H,1,7-8,10-14H2,2-5H3/t16-,17?,18?,21?/m0/s1. The van der Waals surface area contributed by atoms with Gasteiger partial charge in [0, 0.05) is 11.3 Å². The summed E-state index contributed by atoms with van der Waals surface area (Å²) in [6, 6.07) is -0.133. The number of nitrogens with zero attached hydrogens (tertiary/aromatic N) is 1. The lowest BCUT2D eigenvalue weighted by atomic mass is 9.69. The van der Waals surface area contributed by atoms with Crippen LogP contribution in [0.15, 0.2) is 24.3 Å². The van der Waals surface area contributed by atoms with Crippen LogP contribution in [-0.2, 0) is 14.8 Å². The molecule has 4 nitrogen and oxygen atoms in total. The molecule has 1 aliphatic heterocycles. The van der Waals surface area contributed by atoms with E-state index >= 15 is 0 Å². The maximum Gasteiger partial charge on any atom is 0.239 e. The zero-order chi connectivity index (χ0) is 19.3. The van der Waals surface area contributed by atoms with Crippen molar-refractivity contribution < 1.29 is 13.2 Å². The third-order valence-electron chi connectivity index (χ3n) is 7.51. The summed E-state index contributed by atoms with van der Waals surface area (Å²) >= 11 is 0. The Balaban J connectivity index is 1.92. The first-order valence-electron chi connectivity index (χ1n) is 9.87. The molecule has 1 heterocycles. The zero-order valence-electron chi connectivity index (χ0n) is 16.6. The van der Waals surface area contributed by atoms with E-state index in [1.807, 2.05) is 19.9 Å². The van der Waals surface area contributed by atoms with E-state index < -0.39 is 10.0 Å². The summed E-state index contributed by atoms with van der Waals surface area (Å²) < 4.78 is 27.5. The van der Waals surface area contributed by atoms with Crippen LogP contribution in [0, 0.1) is 22.7 Å². The molecule has 1 saturated heterocycles. The highest BCUT2D eigenvalue weighted by atomic mass is 32.2. The molecular formula is C21H33NO3S. The fourth-order valence-electron chi connectivity index (χ4n) is 5.80. The van der Waals surface area contributed by atoms with Crippen LogP contribution in [0.1, 0.15) is 66.2 Å². The molecule has 1 amide bonds. The number of hydrogen-bond acceptors (Lipinski definition) is 3. The number of hydrogen-bond donors (Lipinski definition) is 0. The maximum atomic E-state index is 13.4. The summed E-state index contributed by atoms with van der Waals surface area (Å²) in [5, 5.41) is 0. The third-order valence-corrected chi connectivity index (χ3v) is 9.42. The van der Waals surface area contributed by atoms with Crippen molar-refractivity contribution in [2.75, 3.05) is 5.75 Å². The fraction of sp³-hybridized carbons (Fsp3) is 0.762. The maximum absolute atomic E-state index is 13.4. The first-order chi connectivity index (χ1) is 12.1. The molecule has 2 saturated carbocycles. The molecule has 2 bridgehead atoms. The first-order valence-corrected chi connectivity index (χ1v) is 11.5. The minimum atomic E-state index is -3.53. The molecule has 3 aliphatic rings. The molecule has 3 unspecified atom stereocenters. The second-order valence-corrected chi connectivity index (χ2v) is 11.2. The van der Waals surface area contributed by atoms with Crippen LogP contribution >= 0.6 is 0 Å². The molecule has 1 spiro atoms. The van der Waals surface area contributed by atoms with Crippen molar-refractivity contribution in [2.24, 2.45) is 22.7 Å². The average Bonchev–Trinajstić information content (AvgIpc) is 3.01. The summed E-state index contributed by atoms with van der Waals surface area (Å²) in [6.07, 6.45) is 8.72. The van der Waals surface area contributed by atoms with Crippen molar-refractivity contribution in [2.45, 2.75) is 72.3 Å². The van der Waals surface area contributed by atoms with Crippen LogP contribution in [0.25, 0.3) is 0 Å². The van der Waals surface area contributed by atoms with Crippen LogP contribution in [0.5, 0.6) is 0 Å². The number of carbonyl (C=O) groups excluding carboxylic acids is 1. The highest BCUT2D eigenvalue weighted by Gasteiger charge is 2.72. The Bertz CT molecular complexity index is 732. The van der Waals surface area contributed by atoms with Gasteiger partial charge in [0.25, 0.3) is 0 Å². The smallest absolute Gasteiger partial charge is 0.239 e. The van der Waals surface area contributed by atoms with Gasteiger partial charge in [-0.15, -0.1) is 6.58 Å². The van der Waals surface area contributed by atoms with Gasteiger partial charge in [-0.3, -0.25) is 4.79 Å². The molecule has 0 radical (unpaired) electrons. The number of allylic oxidation sites excluding steroid dienone is 3. The Kier molecular flexibility index (Phi) is 4.92. The monoisotopic (exact) mass is 379 g/mol. The quantitative estimate of drug-likeness (QED) is 0.647. The van der Waals surface area contributed by atoms with Gasteiger partial charge in [0.05, 0.1) is 11.8 Å². The van der Waals surface area contributed by atoms with Crippen molar-refractivity contribution in [3.8, 4) is 0 Å². The Morgan fingerprint density at radius 1 is 1.35 bits per heavy atom. The van der Waals surface area contributed by atoms with E-state index in [-0.39, 0.29) is 34.4 Å². The molecule has 0 aromatic heterocycles. The highest BCUT2D eigenvalue weighted by molar-refractivity contribution is 7.90. The van der Waals surface area contributed by atoms with Gasteiger partial charge in [-0.1, -0.05) is 31.6 Å². The number of carbonyl (C=O) groups is 1. The van der Waals surface area contributed by atoms with Crippen molar-refractivity contribution in [3.05, 3.63) is 24.3 Å². The van der Waals surface area contributed by atoms with Crippen molar-refractivity contribution >= 4 is 15.9 Å². The molecule has 0 aromatic carbocycles. The zero-order valence-corrected chi connectivity index (χ0v) is 17.4. The van der Waals surface area contributed by atoms with Gasteiger partial charge in [0.1, 0.15) is 0 Å². The lowest BCUT2D eigenvalue weighted by Gasteiger charge is -2.37. The fourth-order valence-corrected chi connectivity index (χ4v) is 8.40. The summed E-state index contributed by atoms with van der Waals surface area (Å²) in [4.78, 5) is 13.4. The Labute approximate surface area is 158 Å². The molecule has 5 heteroatoms. The molecule has 2 aliphatic carbocycles. The van der Waals surface area contributed by atoms with Gasteiger partial charge in [-0.2, -0.15) is 0 Å². The molecule has 26 heavy (non-hydrogen) atoms. The third kappa shape index (κ3) is 2.78. The van der Waals surface area contributed by atoms with Crippen LogP contribution in [-0.4, -0.2) is 30.4 Å². The van der Waals surface area contributed by atoms with E-state index in [2.05, 4.69) is 26.5 Å². The first kappa shape index (κ1) is 19.7. The summed E-state index contributed by atoms with van der Waals surface area (Å²) in [5.74, 6) is 0.212. The van der Waals surface area contributed by atoms with Crippen LogP contribution in [0.3, 0.4) is 0 Å². The van der Waals surface area contributed by atoms with Gasteiger partial charge < -0.3 is 0 Å². The minimum Gasteiger partial charge on any atom is -0.273 e. The van der Waals surface area contributed by atoms with Crippen molar-refractivity contribution in [1.82, 2.24) is 4.31 Å². The predicted molar refractivity (Wildman–Crippen MR) is 105 cm³/mol. The van der Waals surface area contributed by atoms with E-state index in [0.29, 0.717) is 18.8 Å². The number of sulfonamides is 1. The summed E-state index contributed by atoms with van der Waals surface area (Å²) in [7, 11) is -3.53. The Morgan fingerprint density at radius 3 is 2.62 bits per heavy atom. The largest absolute Gasteiger partial charge is 0.273 e. The minimum absolute atomic E-state index is 0.00368. The van der Waals surface area contributed by atoms with Gasteiger partial charge >= 0.3 is 0 Å². The van der Waals surface area contributed by atoms with E-state index in [0.717, 1.165) is 31.3 Å². The van der Waals surface area contributed by atoms with Gasteiger partial charge in [0.15, 0.2) is 0 Å². The summed E-state index contributed by atoms with van der Waals surface area (Å²) in [6.45, 7) is 12.2. The molecular weight excluding hydrogens is 346 g/mol. The SMILES string of the molecule is C=CCC[C@@H](CC=C(C)C)C(=O)N1C2CC3CCC2(CS1(=O)=O)C3(C)C. The van der Waals surface area contributed by atoms with Gasteiger partial charge in [-0.05, 0) is 63.7 Å². The van der Waals surface area contributed by atoms with Gasteiger partial charge in [0.2, 0.25) is 15.9 Å². The lowest BCUT2D eigenvalue weighted by molar-refractivity contribution is -0.133. The van der Waals surface area contributed by atoms with Crippen LogP contribution in [0.4, 0.5) is 0 Å². The molecule has 146 valence electrons. The predicted octanol–water partition coefficient (Wildman–Crippen LogP) is 4.29. The normalized spacial score (nSPS) is 34.4. The number of fused-ring (bicyclic) bond motifs is 1. The topological polar surface area (TPSA) is 54.5 Å². The van der Waals surface area contributed by atoms with E-state index in [1.54, 1.807) is 0 Å². The van der Waals surface area contributed by atoms with Crippen molar-refractivity contribution in [1.29, 1.82) is 0 Å². The van der Waals surface area contributed by atoms with E-state index in [9.17, 15) is 13.2 Å². The molecule has 0 aromatic rings. The van der Waals surface area contributed by atoms with Gasteiger partial charge in [-0.25, -0.2) is 12.7 Å². The molecule has 0 N–H and O–H groups in total. The molecule has 3 rings (SSSR count). The second kappa shape index (κ2) is 6.50. The van der Waals surface area contributed by atoms with Crippen molar-refractivity contribution in [3.63, 3.8) is 0 Å². The van der Waals surface area contributed by atoms with Crippen LogP contribution < -0.4 is 0 Å². The number of amides is 1. The summed E-state index contributed by atoms with van der Waals surface area (Å²) in [5.41, 5.74) is 0.908. The Morgan fingerprint density at radius 2 is 2.04 bits per heavy atom. The Hall–Kier alpha value is -1.10. The van der Waals surface area contributed by atoms with E-state index in [1.165, 1.54) is 4.31 Å². The van der Waals surface area contributed by atoms with E-state index in [4.69, 9.17) is 0 Å². The lowest BCUT2D eigenvalue weighted by Crippen LogP contribution is -2.46. The molecule has 3 fully saturated rings.